The summed E-state index contributed by atoms with van der Waals surface area (Å²) >= 11 is 0. The van der Waals surface area contributed by atoms with E-state index in [0.717, 1.165) is 30.0 Å². The summed E-state index contributed by atoms with van der Waals surface area (Å²) in [6.07, 6.45) is 7.50. The lowest BCUT2D eigenvalue weighted by Gasteiger charge is -2.46. The average Bonchev–Trinajstić information content (AvgIpc) is 2.44. The fourth-order valence-corrected chi connectivity index (χ4v) is 4.68. The summed E-state index contributed by atoms with van der Waals surface area (Å²) in [4.78, 5) is 12.1. The number of ether oxygens (including phenoxy) is 1. The Bertz CT molecular complexity index is 410. The van der Waals surface area contributed by atoms with E-state index in [9.17, 15) is 4.79 Å². The molecule has 22 heavy (non-hydrogen) atoms. The molecule has 3 atom stereocenters. The quantitative estimate of drug-likeness (QED) is 0.439. The molecular formula is C19H34NO2+. The van der Waals surface area contributed by atoms with Gasteiger partial charge in [0.05, 0.1) is 26.2 Å². The number of hydrogen-bond acceptors (Lipinski definition) is 2. The minimum atomic E-state index is -0.00719. The monoisotopic (exact) mass is 308 g/mol. The molecule has 0 aromatic carbocycles. The van der Waals surface area contributed by atoms with E-state index < -0.39 is 0 Å². The molecule has 3 nitrogen and oxygen atoms in total. The maximum Gasteiger partial charge on any atom is 0.361 e. The highest BCUT2D eigenvalue weighted by atomic mass is 16.5. The van der Waals surface area contributed by atoms with Gasteiger partial charge in [-0.05, 0) is 51.4 Å². The van der Waals surface area contributed by atoms with E-state index in [4.69, 9.17) is 4.74 Å². The van der Waals surface area contributed by atoms with Crippen molar-refractivity contribution in [3.8, 4) is 0 Å². The van der Waals surface area contributed by atoms with E-state index in [1.165, 1.54) is 31.3 Å². The van der Waals surface area contributed by atoms with Crippen LogP contribution < -0.4 is 0 Å². The largest absolute Gasteiger partial charge is 0.462 e. The minimum absolute atomic E-state index is 0.00719. The first-order valence-corrected chi connectivity index (χ1v) is 9.14. The van der Waals surface area contributed by atoms with Crippen molar-refractivity contribution in [2.45, 2.75) is 53.4 Å². The molecule has 0 radical (unpaired) electrons. The molecule has 0 bridgehead atoms. The number of carbonyl (C=O) groups excluding carboxylic acids is 1. The van der Waals surface area contributed by atoms with Gasteiger partial charge in [-0.3, -0.25) is 0 Å². The lowest BCUT2D eigenvalue weighted by molar-refractivity contribution is -0.929. The summed E-state index contributed by atoms with van der Waals surface area (Å²) < 4.78 is 6.23. The maximum absolute atomic E-state index is 12.1. The number of rotatable bonds is 5. The van der Waals surface area contributed by atoms with E-state index >= 15 is 0 Å². The summed E-state index contributed by atoms with van der Waals surface area (Å²) in [6.45, 7) is 13.4. The highest BCUT2D eigenvalue weighted by Gasteiger charge is 2.39. The van der Waals surface area contributed by atoms with Gasteiger partial charge < -0.3 is 9.22 Å². The first-order chi connectivity index (χ1) is 10.5. The second-order valence-corrected chi connectivity index (χ2v) is 7.71. The number of allylic oxidation sites excluding steroid dienone is 2. The SMILES string of the molecule is CCOC(=O)C[N+]1(C[C@@H]2[C@H](C)C=C(C)C[C@H]2C)CCCCC1. The number of nitrogens with zero attached hydrogens (tertiary/aromatic N) is 1. The molecule has 0 saturated carbocycles. The Hall–Kier alpha value is -0.830. The molecule has 1 fully saturated rings. The maximum atomic E-state index is 12.1. The van der Waals surface area contributed by atoms with Crippen LogP contribution in [-0.4, -0.2) is 43.2 Å². The Labute approximate surface area is 136 Å². The van der Waals surface area contributed by atoms with E-state index in [-0.39, 0.29) is 5.97 Å². The number of hydrogen-bond donors (Lipinski definition) is 0. The molecule has 1 heterocycles. The smallest absolute Gasteiger partial charge is 0.361 e. The van der Waals surface area contributed by atoms with Crippen molar-refractivity contribution in [3.05, 3.63) is 11.6 Å². The average molecular weight is 308 g/mol. The van der Waals surface area contributed by atoms with Crippen molar-refractivity contribution in [3.63, 3.8) is 0 Å². The number of carbonyl (C=O) groups is 1. The van der Waals surface area contributed by atoms with Crippen LogP contribution in [-0.2, 0) is 9.53 Å². The van der Waals surface area contributed by atoms with Crippen molar-refractivity contribution in [2.75, 3.05) is 32.8 Å². The second-order valence-electron chi connectivity index (χ2n) is 7.71. The predicted molar refractivity (Wildman–Crippen MR) is 90.4 cm³/mol. The molecule has 0 aromatic rings. The summed E-state index contributed by atoms with van der Waals surface area (Å²) in [5, 5.41) is 0. The Balaban J connectivity index is 2.10. The summed E-state index contributed by atoms with van der Waals surface area (Å²) in [7, 11) is 0. The Morgan fingerprint density at radius 2 is 1.95 bits per heavy atom. The van der Waals surface area contributed by atoms with Crippen LogP contribution in [0.1, 0.15) is 53.4 Å². The summed E-state index contributed by atoms with van der Waals surface area (Å²) in [6, 6.07) is 0. The van der Waals surface area contributed by atoms with E-state index in [1.54, 1.807) is 0 Å². The predicted octanol–water partition coefficient (Wildman–Crippen LogP) is 3.79. The molecule has 1 aliphatic heterocycles. The third kappa shape index (κ3) is 4.34. The molecule has 0 N–H and O–H groups in total. The molecule has 0 aromatic heterocycles. The molecule has 126 valence electrons. The van der Waals surface area contributed by atoms with Gasteiger partial charge in [0.1, 0.15) is 0 Å². The first-order valence-electron chi connectivity index (χ1n) is 9.14. The van der Waals surface area contributed by atoms with Crippen molar-refractivity contribution >= 4 is 5.97 Å². The van der Waals surface area contributed by atoms with Crippen LogP contribution in [0.3, 0.4) is 0 Å². The van der Waals surface area contributed by atoms with Crippen LogP contribution in [0, 0.1) is 17.8 Å². The van der Waals surface area contributed by atoms with E-state index in [0.29, 0.717) is 25.0 Å². The Kier molecular flexibility index (Phi) is 6.08. The van der Waals surface area contributed by atoms with Gasteiger partial charge in [-0.1, -0.05) is 25.5 Å². The summed E-state index contributed by atoms with van der Waals surface area (Å²) in [5.41, 5.74) is 1.53. The van der Waals surface area contributed by atoms with Gasteiger partial charge in [0.15, 0.2) is 6.54 Å². The van der Waals surface area contributed by atoms with Crippen LogP contribution in [0.4, 0.5) is 0 Å². The lowest BCUT2D eigenvalue weighted by atomic mass is 9.74. The van der Waals surface area contributed by atoms with Gasteiger partial charge in [-0.25, -0.2) is 4.79 Å². The molecule has 1 saturated heterocycles. The first kappa shape index (κ1) is 17.5. The van der Waals surface area contributed by atoms with E-state index in [1.807, 2.05) is 6.92 Å². The van der Waals surface area contributed by atoms with Crippen molar-refractivity contribution < 1.29 is 14.0 Å². The van der Waals surface area contributed by atoms with Gasteiger partial charge in [-0.2, -0.15) is 0 Å². The molecule has 0 amide bonds. The molecule has 1 aliphatic carbocycles. The van der Waals surface area contributed by atoms with Crippen LogP contribution in [0.5, 0.6) is 0 Å². The number of likely N-dealkylation sites (tertiary alicyclic amines) is 1. The molecule has 0 unspecified atom stereocenters. The standard InChI is InChI=1S/C19H34NO2/c1-5-22-19(21)14-20(9-7-6-8-10-20)13-18-16(3)11-15(2)12-17(18)4/h11,16-18H,5-10,12-14H2,1-4H3/q+1/t16-,17-,18-/m1/s1. The lowest BCUT2D eigenvalue weighted by Crippen LogP contribution is -2.58. The van der Waals surface area contributed by atoms with Crippen molar-refractivity contribution in [2.24, 2.45) is 17.8 Å². The van der Waals surface area contributed by atoms with Crippen LogP contribution >= 0.6 is 0 Å². The fourth-order valence-electron chi connectivity index (χ4n) is 4.68. The third-order valence-corrected chi connectivity index (χ3v) is 5.73. The molecule has 0 spiro atoms. The molecular weight excluding hydrogens is 274 g/mol. The van der Waals surface area contributed by atoms with Gasteiger partial charge >= 0.3 is 5.97 Å². The van der Waals surface area contributed by atoms with Crippen LogP contribution in [0.25, 0.3) is 0 Å². The highest BCUT2D eigenvalue weighted by molar-refractivity contribution is 5.70. The number of quaternary nitrogens is 1. The molecule has 2 aliphatic rings. The zero-order chi connectivity index (χ0) is 16.2. The number of piperidine rings is 1. The van der Waals surface area contributed by atoms with Crippen LogP contribution in [0.15, 0.2) is 11.6 Å². The Morgan fingerprint density at radius 1 is 1.27 bits per heavy atom. The fraction of sp³-hybridized carbons (Fsp3) is 0.842. The zero-order valence-electron chi connectivity index (χ0n) is 14.9. The van der Waals surface area contributed by atoms with Gasteiger partial charge in [-0.15, -0.1) is 0 Å². The van der Waals surface area contributed by atoms with Crippen LogP contribution in [0.2, 0.25) is 0 Å². The second kappa shape index (κ2) is 7.63. The van der Waals surface area contributed by atoms with Gasteiger partial charge in [0.25, 0.3) is 0 Å². The van der Waals surface area contributed by atoms with Crippen molar-refractivity contribution in [1.82, 2.24) is 0 Å². The normalized spacial score (nSPS) is 31.5. The van der Waals surface area contributed by atoms with Gasteiger partial charge in [0.2, 0.25) is 0 Å². The molecule has 2 rings (SSSR count). The van der Waals surface area contributed by atoms with E-state index in [2.05, 4.69) is 26.8 Å². The zero-order valence-corrected chi connectivity index (χ0v) is 14.9. The van der Waals surface area contributed by atoms with Gasteiger partial charge in [0, 0.05) is 5.92 Å². The highest BCUT2D eigenvalue weighted by Crippen LogP contribution is 2.36. The topological polar surface area (TPSA) is 26.3 Å². The minimum Gasteiger partial charge on any atom is -0.462 e. The summed E-state index contributed by atoms with van der Waals surface area (Å²) in [5.74, 6) is 2.03. The van der Waals surface area contributed by atoms with Crippen molar-refractivity contribution in [1.29, 1.82) is 0 Å². The third-order valence-electron chi connectivity index (χ3n) is 5.73. The Morgan fingerprint density at radius 3 is 2.55 bits per heavy atom. The number of esters is 1. The molecule has 3 heteroatoms.